The number of methoxy groups -OCH3 is 1. The van der Waals surface area contributed by atoms with Crippen LogP contribution in [0.1, 0.15) is 31.9 Å². The van der Waals surface area contributed by atoms with E-state index in [9.17, 15) is 4.39 Å². The monoisotopic (exact) mass is 280 g/mol. The summed E-state index contributed by atoms with van der Waals surface area (Å²) < 4.78 is 19.7. The minimum absolute atomic E-state index is 0.122. The molecule has 1 heterocycles. The van der Waals surface area contributed by atoms with Crippen LogP contribution in [-0.4, -0.2) is 38.2 Å². The van der Waals surface area contributed by atoms with Gasteiger partial charge in [-0.25, -0.2) is 4.39 Å². The van der Waals surface area contributed by atoms with Gasteiger partial charge in [0.05, 0.1) is 7.11 Å². The Morgan fingerprint density at radius 1 is 1.35 bits per heavy atom. The minimum atomic E-state index is -0.209. The lowest BCUT2D eigenvalue weighted by molar-refractivity contribution is 0.125. The lowest BCUT2D eigenvalue weighted by atomic mass is 9.90. The number of halogens is 1. The summed E-state index contributed by atoms with van der Waals surface area (Å²) in [6.07, 6.45) is 1.03. The fourth-order valence-corrected chi connectivity index (χ4v) is 2.96. The maximum absolute atomic E-state index is 14.6. The second-order valence-corrected chi connectivity index (χ2v) is 5.48. The minimum Gasteiger partial charge on any atom is -0.494 e. The van der Waals surface area contributed by atoms with Gasteiger partial charge in [0.1, 0.15) is 0 Å². The number of piperazine rings is 1. The summed E-state index contributed by atoms with van der Waals surface area (Å²) in [7, 11) is 1.52. The van der Waals surface area contributed by atoms with E-state index < -0.39 is 0 Å². The molecule has 0 aromatic heterocycles. The van der Waals surface area contributed by atoms with Crippen LogP contribution in [0.3, 0.4) is 0 Å². The smallest absolute Gasteiger partial charge is 0.169 e. The standard InChI is InChI=1S/C16H25FN2O/c1-4-12(2)16(19-10-8-18-9-11-19)13-6-5-7-14(20-3)15(13)17/h5-7,12,16,18H,4,8-11H2,1-3H3/t12?,16-/m0/s1. The first-order valence-corrected chi connectivity index (χ1v) is 7.46. The molecule has 20 heavy (non-hydrogen) atoms. The van der Waals surface area contributed by atoms with Gasteiger partial charge >= 0.3 is 0 Å². The fourth-order valence-electron chi connectivity index (χ4n) is 2.96. The van der Waals surface area contributed by atoms with E-state index in [1.54, 1.807) is 6.07 Å². The maximum atomic E-state index is 14.6. The van der Waals surface area contributed by atoms with E-state index in [4.69, 9.17) is 4.74 Å². The van der Waals surface area contributed by atoms with Crippen LogP contribution in [0.4, 0.5) is 4.39 Å². The van der Waals surface area contributed by atoms with Crippen LogP contribution in [0, 0.1) is 11.7 Å². The number of hydrogen-bond acceptors (Lipinski definition) is 3. The highest BCUT2D eigenvalue weighted by Gasteiger charge is 2.29. The molecular formula is C16H25FN2O. The van der Waals surface area contributed by atoms with Gasteiger partial charge < -0.3 is 10.1 Å². The zero-order valence-electron chi connectivity index (χ0n) is 12.7. The second kappa shape index (κ2) is 7.04. The number of nitrogens with zero attached hydrogens (tertiary/aromatic N) is 1. The quantitative estimate of drug-likeness (QED) is 0.897. The van der Waals surface area contributed by atoms with Gasteiger partial charge in [-0.3, -0.25) is 4.90 Å². The van der Waals surface area contributed by atoms with Crippen LogP contribution in [0.5, 0.6) is 5.75 Å². The molecule has 2 atom stereocenters. The molecule has 1 aromatic carbocycles. The number of ether oxygens (including phenoxy) is 1. The van der Waals surface area contributed by atoms with Crippen LogP contribution < -0.4 is 10.1 Å². The summed E-state index contributed by atoms with van der Waals surface area (Å²) in [4.78, 5) is 2.39. The van der Waals surface area contributed by atoms with Crippen LogP contribution in [-0.2, 0) is 0 Å². The van der Waals surface area contributed by atoms with Crippen molar-refractivity contribution in [2.45, 2.75) is 26.3 Å². The molecule has 1 aliphatic heterocycles. The third kappa shape index (κ3) is 3.13. The molecule has 1 fully saturated rings. The van der Waals surface area contributed by atoms with E-state index in [-0.39, 0.29) is 11.9 Å². The van der Waals surface area contributed by atoms with Gasteiger partial charge in [0.25, 0.3) is 0 Å². The van der Waals surface area contributed by atoms with Crippen LogP contribution in [0.2, 0.25) is 0 Å². The van der Waals surface area contributed by atoms with Crippen LogP contribution >= 0.6 is 0 Å². The Morgan fingerprint density at radius 3 is 2.65 bits per heavy atom. The summed E-state index contributed by atoms with van der Waals surface area (Å²) in [6, 6.07) is 5.59. The summed E-state index contributed by atoms with van der Waals surface area (Å²) >= 11 is 0. The van der Waals surface area contributed by atoms with Crippen molar-refractivity contribution in [1.29, 1.82) is 0 Å². The van der Waals surface area contributed by atoms with E-state index in [1.807, 2.05) is 12.1 Å². The molecule has 112 valence electrons. The Bertz CT molecular complexity index is 432. The van der Waals surface area contributed by atoms with Crippen molar-refractivity contribution in [3.63, 3.8) is 0 Å². The molecule has 3 nitrogen and oxygen atoms in total. The zero-order chi connectivity index (χ0) is 14.5. The number of benzene rings is 1. The Hall–Kier alpha value is -1.13. The normalized spacial score (nSPS) is 19.6. The van der Waals surface area contributed by atoms with Gasteiger partial charge in [0.2, 0.25) is 0 Å². The van der Waals surface area contributed by atoms with Gasteiger partial charge in [-0.1, -0.05) is 32.4 Å². The summed E-state index contributed by atoms with van der Waals surface area (Å²) in [5.41, 5.74) is 0.764. The van der Waals surface area contributed by atoms with Gasteiger partial charge in [0.15, 0.2) is 11.6 Å². The molecule has 0 saturated carbocycles. The lowest BCUT2D eigenvalue weighted by Gasteiger charge is -2.38. The number of hydrogen-bond donors (Lipinski definition) is 1. The van der Waals surface area contributed by atoms with Crippen LogP contribution in [0.15, 0.2) is 18.2 Å². The van der Waals surface area contributed by atoms with Crippen molar-refractivity contribution in [3.8, 4) is 5.75 Å². The van der Waals surface area contributed by atoms with E-state index in [2.05, 4.69) is 24.1 Å². The second-order valence-electron chi connectivity index (χ2n) is 5.48. The van der Waals surface area contributed by atoms with E-state index in [0.29, 0.717) is 11.7 Å². The molecule has 0 amide bonds. The first-order valence-electron chi connectivity index (χ1n) is 7.46. The van der Waals surface area contributed by atoms with Gasteiger partial charge in [0, 0.05) is 37.8 Å². The fraction of sp³-hybridized carbons (Fsp3) is 0.625. The summed E-state index contributed by atoms with van der Waals surface area (Å²) in [5.74, 6) is 0.541. The van der Waals surface area contributed by atoms with E-state index >= 15 is 0 Å². The van der Waals surface area contributed by atoms with Crippen LogP contribution in [0.25, 0.3) is 0 Å². The number of nitrogens with one attached hydrogen (secondary N) is 1. The maximum Gasteiger partial charge on any atom is 0.169 e. The highest BCUT2D eigenvalue weighted by atomic mass is 19.1. The predicted octanol–water partition coefficient (Wildman–Crippen LogP) is 2.83. The highest BCUT2D eigenvalue weighted by molar-refractivity contribution is 5.33. The molecule has 4 heteroatoms. The van der Waals surface area contributed by atoms with Gasteiger partial charge in [-0.05, 0) is 12.0 Å². The first-order chi connectivity index (χ1) is 9.69. The SMILES string of the molecule is CCC(C)[C@@H](c1cccc(OC)c1F)N1CCNCC1. The van der Waals surface area contributed by atoms with Crippen molar-refractivity contribution in [2.24, 2.45) is 5.92 Å². The molecule has 1 aliphatic rings. The van der Waals surface area contributed by atoms with E-state index in [0.717, 1.165) is 38.2 Å². The summed E-state index contributed by atoms with van der Waals surface area (Å²) in [5, 5.41) is 3.36. The molecule has 2 rings (SSSR count). The molecule has 0 radical (unpaired) electrons. The summed E-state index contributed by atoms with van der Waals surface area (Å²) in [6.45, 7) is 8.23. The largest absolute Gasteiger partial charge is 0.494 e. The van der Waals surface area contributed by atoms with Crippen molar-refractivity contribution in [2.75, 3.05) is 33.3 Å². The molecule has 0 aliphatic carbocycles. The lowest BCUT2D eigenvalue weighted by Crippen LogP contribution is -2.46. The van der Waals surface area contributed by atoms with Gasteiger partial charge in [-0.2, -0.15) is 0 Å². The third-order valence-corrected chi connectivity index (χ3v) is 4.26. The molecule has 1 saturated heterocycles. The third-order valence-electron chi connectivity index (χ3n) is 4.26. The zero-order valence-corrected chi connectivity index (χ0v) is 12.7. The molecular weight excluding hydrogens is 255 g/mol. The topological polar surface area (TPSA) is 24.5 Å². The van der Waals surface area contributed by atoms with Crippen molar-refractivity contribution in [1.82, 2.24) is 10.2 Å². The van der Waals surface area contributed by atoms with Crippen molar-refractivity contribution >= 4 is 0 Å². The Kier molecular flexibility index (Phi) is 5.38. The average molecular weight is 280 g/mol. The molecule has 1 aromatic rings. The van der Waals surface area contributed by atoms with E-state index in [1.165, 1.54) is 7.11 Å². The Labute approximate surface area is 121 Å². The molecule has 0 bridgehead atoms. The average Bonchev–Trinajstić information content (AvgIpc) is 2.50. The Balaban J connectivity index is 2.35. The van der Waals surface area contributed by atoms with Crippen molar-refractivity contribution < 1.29 is 9.13 Å². The highest BCUT2D eigenvalue weighted by Crippen LogP contribution is 2.35. The molecule has 1 N–H and O–H groups in total. The van der Waals surface area contributed by atoms with Crippen molar-refractivity contribution in [3.05, 3.63) is 29.6 Å². The van der Waals surface area contributed by atoms with Gasteiger partial charge in [-0.15, -0.1) is 0 Å². The molecule has 0 spiro atoms. The molecule has 1 unspecified atom stereocenters. The first kappa shape index (κ1) is 15.3. The Morgan fingerprint density at radius 2 is 2.05 bits per heavy atom. The predicted molar refractivity (Wildman–Crippen MR) is 79.6 cm³/mol. The number of rotatable bonds is 5.